The lowest BCUT2D eigenvalue weighted by Crippen LogP contribution is -2.05. The number of aromatic carboxylic acids is 1. The Kier molecular flexibility index (Phi) is 5.51. The maximum absolute atomic E-state index is 11.2. The minimum absolute atomic E-state index is 0.104. The molecule has 0 saturated carbocycles. The van der Waals surface area contributed by atoms with Crippen LogP contribution in [0, 0.1) is 0 Å². The van der Waals surface area contributed by atoms with Crippen LogP contribution in [0.5, 0.6) is 0 Å². The molecule has 23 heavy (non-hydrogen) atoms. The predicted octanol–water partition coefficient (Wildman–Crippen LogP) is 3.42. The molecule has 0 saturated heterocycles. The first-order valence-electron chi connectivity index (χ1n) is 6.30. The van der Waals surface area contributed by atoms with Gasteiger partial charge in [0.05, 0.1) is 22.8 Å². The van der Waals surface area contributed by atoms with Crippen molar-refractivity contribution in [3.05, 3.63) is 67.6 Å². The van der Waals surface area contributed by atoms with Gasteiger partial charge in [-0.15, -0.1) is 0 Å². The van der Waals surface area contributed by atoms with E-state index >= 15 is 0 Å². The molecule has 0 radical (unpaired) electrons. The third kappa shape index (κ3) is 4.40. The van der Waals surface area contributed by atoms with E-state index in [9.17, 15) is 9.59 Å². The second-order valence-corrected chi connectivity index (χ2v) is 6.26. The molecule has 6 nitrogen and oxygen atoms in total. The fraction of sp³-hybridized carbons (Fsp3) is 0. The van der Waals surface area contributed by atoms with Gasteiger partial charge in [-0.3, -0.25) is 4.79 Å². The van der Waals surface area contributed by atoms with Crippen LogP contribution in [0.25, 0.3) is 10.9 Å². The molecule has 118 valence electrons. The number of hydrogen-bond donors (Lipinski definition) is 3. The molecule has 3 aromatic rings. The molecule has 0 unspecified atom stereocenters. The van der Waals surface area contributed by atoms with E-state index < -0.39 is 5.97 Å². The van der Waals surface area contributed by atoms with Gasteiger partial charge in [0.25, 0.3) is 5.56 Å². The Morgan fingerprint density at radius 1 is 1.13 bits per heavy atom. The molecule has 0 spiro atoms. The Morgan fingerprint density at radius 3 is 2.43 bits per heavy atom. The van der Waals surface area contributed by atoms with Gasteiger partial charge >= 0.3 is 5.97 Å². The Hall–Kier alpha value is -2.19. The third-order valence-electron chi connectivity index (χ3n) is 2.85. The summed E-state index contributed by atoms with van der Waals surface area (Å²) >= 11 is 6.48. The van der Waals surface area contributed by atoms with Gasteiger partial charge in [-0.2, -0.15) is 0 Å². The first kappa shape index (κ1) is 17.2. The molecule has 8 heteroatoms. The van der Waals surface area contributed by atoms with Gasteiger partial charge in [-0.05, 0) is 36.4 Å². The summed E-state index contributed by atoms with van der Waals surface area (Å²) in [7, 11) is 0. The van der Waals surface area contributed by atoms with Gasteiger partial charge in [0.1, 0.15) is 0 Å². The van der Waals surface area contributed by atoms with Crippen molar-refractivity contribution < 1.29 is 9.90 Å². The topological polar surface area (TPSA) is 109 Å². The first-order chi connectivity index (χ1) is 10.9. The van der Waals surface area contributed by atoms with E-state index in [0.29, 0.717) is 10.9 Å². The van der Waals surface area contributed by atoms with E-state index in [1.54, 1.807) is 18.2 Å². The largest absolute Gasteiger partial charge is 0.478 e. The summed E-state index contributed by atoms with van der Waals surface area (Å²) in [6.45, 7) is 0. The summed E-state index contributed by atoms with van der Waals surface area (Å²) in [4.78, 5) is 28.1. The second kappa shape index (κ2) is 7.38. The van der Waals surface area contributed by atoms with Crippen molar-refractivity contribution in [3.8, 4) is 0 Å². The number of anilines is 1. The molecule has 0 aliphatic carbocycles. The molecule has 0 aliphatic heterocycles. The van der Waals surface area contributed by atoms with Crippen LogP contribution >= 0.6 is 31.9 Å². The number of nitrogen functional groups attached to an aromatic ring is 1. The fourth-order valence-electron chi connectivity index (χ4n) is 1.77. The average Bonchev–Trinajstić information content (AvgIpc) is 2.47. The molecule has 1 heterocycles. The smallest absolute Gasteiger partial charge is 0.337 e. The molecular weight excluding hydrogens is 430 g/mol. The normalized spacial score (nSPS) is 10.0. The quantitative estimate of drug-likeness (QED) is 0.502. The highest BCUT2D eigenvalue weighted by Crippen LogP contribution is 2.18. The number of carboxylic acids is 1. The molecule has 1 aromatic heterocycles. The first-order valence-corrected chi connectivity index (χ1v) is 7.88. The van der Waals surface area contributed by atoms with E-state index in [-0.39, 0.29) is 16.8 Å². The van der Waals surface area contributed by atoms with Gasteiger partial charge in [0.15, 0.2) is 0 Å². The number of fused-ring (bicyclic) bond motifs is 1. The second-order valence-electron chi connectivity index (χ2n) is 4.43. The molecule has 0 atom stereocenters. The van der Waals surface area contributed by atoms with Crippen LogP contribution in [0.3, 0.4) is 0 Å². The summed E-state index contributed by atoms with van der Waals surface area (Å²) in [5.41, 5.74) is 6.41. The van der Waals surface area contributed by atoms with Crippen LogP contribution in [-0.2, 0) is 0 Å². The summed E-state index contributed by atoms with van der Waals surface area (Å²) in [5, 5.41) is 9.17. The number of H-pyrrole nitrogens is 1. The summed E-state index contributed by atoms with van der Waals surface area (Å²) in [5.74, 6) is -1.00. The standard InChI is InChI=1S/C8H5BrN2O.C7H6BrNO2/c9-5-1-2-6-7(3-5)10-4-11-8(6)12;8-4-1-2-5(7(10)11)6(9)3-4/h1-4H,(H,10,11,12);1-3H,9H2,(H,10,11). The van der Waals surface area contributed by atoms with Gasteiger partial charge in [0, 0.05) is 14.6 Å². The Bertz CT molecular complexity index is 925. The number of benzene rings is 2. The molecule has 0 fully saturated rings. The minimum Gasteiger partial charge on any atom is -0.478 e. The summed E-state index contributed by atoms with van der Waals surface area (Å²) < 4.78 is 1.70. The lowest BCUT2D eigenvalue weighted by molar-refractivity contribution is 0.0698. The Labute approximate surface area is 147 Å². The van der Waals surface area contributed by atoms with Crippen LogP contribution in [-0.4, -0.2) is 21.0 Å². The number of carbonyl (C=O) groups is 1. The van der Waals surface area contributed by atoms with E-state index in [1.807, 2.05) is 12.1 Å². The van der Waals surface area contributed by atoms with Crippen molar-refractivity contribution in [3.63, 3.8) is 0 Å². The molecule has 0 amide bonds. The predicted molar refractivity (Wildman–Crippen MR) is 95.6 cm³/mol. The average molecular weight is 441 g/mol. The zero-order chi connectivity index (χ0) is 17.0. The van der Waals surface area contributed by atoms with Crippen LogP contribution in [0.2, 0.25) is 0 Å². The van der Waals surface area contributed by atoms with E-state index in [1.165, 1.54) is 12.4 Å². The van der Waals surface area contributed by atoms with Crippen LogP contribution in [0.4, 0.5) is 5.69 Å². The van der Waals surface area contributed by atoms with Crippen molar-refractivity contribution in [1.29, 1.82) is 0 Å². The van der Waals surface area contributed by atoms with E-state index in [4.69, 9.17) is 10.8 Å². The van der Waals surface area contributed by atoms with Gasteiger partial charge in [0.2, 0.25) is 0 Å². The number of halogens is 2. The summed E-state index contributed by atoms with van der Waals surface area (Å²) in [6.07, 6.45) is 1.40. The van der Waals surface area contributed by atoms with Crippen molar-refractivity contribution in [2.24, 2.45) is 0 Å². The monoisotopic (exact) mass is 439 g/mol. The fourth-order valence-corrected chi connectivity index (χ4v) is 2.50. The molecule has 3 rings (SSSR count). The van der Waals surface area contributed by atoms with Crippen molar-refractivity contribution in [2.45, 2.75) is 0 Å². The van der Waals surface area contributed by atoms with Crippen molar-refractivity contribution in [2.75, 3.05) is 5.73 Å². The van der Waals surface area contributed by atoms with Crippen molar-refractivity contribution in [1.82, 2.24) is 9.97 Å². The zero-order valence-corrected chi connectivity index (χ0v) is 14.8. The number of hydrogen-bond acceptors (Lipinski definition) is 4. The summed E-state index contributed by atoms with van der Waals surface area (Å²) in [6, 6.07) is 10.0. The number of carboxylic acid groups (broad SMARTS) is 1. The molecule has 4 N–H and O–H groups in total. The Balaban J connectivity index is 0.000000168. The molecule has 2 aromatic carbocycles. The molecule has 0 bridgehead atoms. The van der Waals surface area contributed by atoms with Crippen LogP contribution in [0.1, 0.15) is 10.4 Å². The number of aromatic amines is 1. The third-order valence-corrected chi connectivity index (χ3v) is 3.83. The number of rotatable bonds is 1. The lowest BCUT2D eigenvalue weighted by atomic mass is 10.2. The molecule has 0 aliphatic rings. The number of nitrogens with two attached hydrogens (primary N) is 1. The highest BCUT2D eigenvalue weighted by atomic mass is 79.9. The highest BCUT2D eigenvalue weighted by molar-refractivity contribution is 9.10. The maximum Gasteiger partial charge on any atom is 0.337 e. The lowest BCUT2D eigenvalue weighted by Gasteiger charge is -1.99. The SMILES string of the molecule is Nc1cc(Br)ccc1C(=O)O.O=c1[nH]cnc2cc(Br)ccc12. The van der Waals surface area contributed by atoms with E-state index in [2.05, 4.69) is 41.8 Å². The van der Waals surface area contributed by atoms with Crippen LogP contribution < -0.4 is 11.3 Å². The number of aromatic nitrogens is 2. The maximum atomic E-state index is 11.2. The van der Waals surface area contributed by atoms with Crippen molar-refractivity contribution >= 4 is 54.4 Å². The van der Waals surface area contributed by atoms with E-state index in [0.717, 1.165) is 8.95 Å². The molecular formula is C15H11Br2N3O3. The minimum atomic E-state index is -1.00. The zero-order valence-electron chi connectivity index (χ0n) is 11.6. The number of nitrogens with one attached hydrogen (secondary N) is 1. The van der Waals surface area contributed by atoms with Gasteiger partial charge in [-0.25, -0.2) is 9.78 Å². The number of nitrogens with zero attached hydrogens (tertiary/aromatic N) is 1. The highest BCUT2D eigenvalue weighted by Gasteiger charge is 2.06. The van der Waals surface area contributed by atoms with Gasteiger partial charge < -0.3 is 15.8 Å². The Morgan fingerprint density at radius 2 is 1.78 bits per heavy atom. The van der Waals surface area contributed by atoms with Gasteiger partial charge in [-0.1, -0.05) is 31.9 Å². The van der Waals surface area contributed by atoms with Crippen LogP contribution in [0.15, 0.2) is 56.5 Å².